The molecule has 1 aromatic rings. The zero-order valence-electron chi connectivity index (χ0n) is 9.56. The fourth-order valence-electron chi connectivity index (χ4n) is 2.16. The first-order valence-corrected chi connectivity index (χ1v) is 7.07. The van der Waals surface area contributed by atoms with E-state index in [1.54, 1.807) is 5.57 Å². The van der Waals surface area contributed by atoms with Crippen molar-refractivity contribution in [3.63, 3.8) is 0 Å². The lowest BCUT2D eigenvalue weighted by atomic mass is 9.79. The Kier molecular flexibility index (Phi) is 3.09. The van der Waals surface area contributed by atoms with Crippen LogP contribution in [0.2, 0.25) is 0 Å². The summed E-state index contributed by atoms with van der Waals surface area (Å²) >= 11 is 5.50. The molecule has 2 rings (SSSR count). The summed E-state index contributed by atoms with van der Waals surface area (Å²) in [6, 6.07) is 2.27. The van der Waals surface area contributed by atoms with Crippen LogP contribution < -0.4 is 0 Å². The average molecular weight is 285 g/mol. The fraction of sp³-hybridized carbons (Fsp3) is 0.538. The van der Waals surface area contributed by atoms with E-state index in [1.165, 1.54) is 33.5 Å². The maximum absolute atomic E-state index is 3.59. The van der Waals surface area contributed by atoms with Crippen LogP contribution in [0.1, 0.15) is 42.9 Å². The third-order valence-electron chi connectivity index (χ3n) is 3.01. The Hall–Kier alpha value is -0.0800. The highest BCUT2D eigenvalue weighted by Crippen LogP contribution is 2.40. The van der Waals surface area contributed by atoms with Crippen molar-refractivity contribution in [1.29, 1.82) is 0 Å². The Labute approximate surface area is 105 Å². The van der Waals surface area contributed by atoms with Crippen LogP contribution in [-0.2, 0) is 0 Å². The Morgan fingerprint density at radius 1 is 1.40 bits per heavy atom. The highest BCUT2D eigenvalue weighted by Gasteiger charge is 2.21. The van der Waals surface area contributed by atoms with Gasteiger partial charge < -0.3 is 0 Å². The van der Waals surface area contributed by atoms with Crippen molar-refractivity contribution >= 4 is 32.8 Å². The van der Waals surface area contributed by atoms with Gasteiger partial charge in [0.15, 0.2) is 0 Å². The van der Waals surface area contributed by atoms with Gasteiger partial charge in [-0.1, -0.05) is 19.9 Å². The molecule has 0 spiro atoms. The van der Waals surface area contributed by atoms with Crippen molar-refractivity contribution in [2.75, 3.05) is 0 Å². The predicted molar refractivity (Wildman–Crippen MR) is 72.4 cm³/mol. The minimum absolute atomic E-state index is 0.387. The normalized spacial score (nSPS) is 20.1. The molecule has 1 aromatic heterocycles. The van der Waals surface area contributed by atoms with Gasteiger partial charge in [0.1, 0.15) is 0 Å². The highest BCUT2D eigenvalue weighted by molar-refractivity contribution is 9.10. The molecule has 1 heterocycles. The van der Waals surface area contributed by atoms with Gasteiger partial charge in [0, 0.05) is 14.2 Å². The second kappa shape index (κ2) is 4.06. The molecule has 2 heteroatoms. The summed E-state index contributed by atoms with van der Waals surface area (Å²) in [5, 5.41) is 0. The smallest absolute Gasteiger partial charge is 0.0317 e. The van der Waals surface area contributed by atoms with E-state index in [1.807, 2.05) is 11.3 Å². The molecule has 0 aliphatic heterocycles. The Balaban J connectivity index is 2.35. The molecule has 0 atom stereocenters. The van der Waals surface area contributed by atoms with E-state index in [0.29, 0.717) is 5.41 Å². The molecule has 0 fully saturated rings. The second-order valence-corrected chi connectivity index (χ2v) is 7.14. The van der Waals surface area contributed by atoms with Gasteiger partial charge in [0.2, 0.25) is 0 Å². The number of aryl methyl sites for hydroxylation is 1. The molecule has 0 bridgehead atoms. The van der Waals surface area contributed by atoms with Crippen LogP contribution in [0, 0.1) is 12.3 Å². The number of hydrogen-bond donors (Lipinski definition) is 0. The van der Waals surface area contributed by atoms with Gasteiger partial charge in [-0.25, -0.2) is 0 Å². The maximum atomic E-state index is 3.59. The number of hydrogen-bond acceptors (Lipinski definition) is 1. The fourth-order valence-corrected chi connectivity index (χ4v) is 3.74. The molecule has 0 radical (unpaired) electrons. The molecule has 1 aliphatic carbocycles. The topological polar surface area (TPSA) is 0 Å². The second-order valence-electron chi connectivity index (χ2n) is 5.03. The number of halogens is 1. The zero-order chi connectivity index (χ0) is 11.1. The van der Waals surface area contributed by atoms with E-state index in [-0.39, 0.29) is 0 Å². The van der Waals surface area contributed by atoms with Crippen LogP contribution in [0.25, 0.3) is 5.57 Å². The first kappa shape index (κ1) is 11.4. The highest BCUT2D eigenvalue weighted by atomic mass is 79.9. The number of allylic oxidation sites excluding steroid dienone is 2. The van der Waals surface area contributed by atoms with Crippen molar-refractivity contribution in [3.05, 3.63) is 26.4 Å². The molecule has 0 amide bonds. The summed E-state index contributed by atoms with van der Waals surface area (Å²) in [6.45, 7) is 6.84. The average Bonchev–Trinajstić information content (AvgIpc) is 2.45. The van der Waals surface area contributed by atoms with E-state index in [2.05, 4.69) is 48.8 Å². The van der Waals surface area contributed by atoms with Gasteiger partial charge in [0.05, 0.1) is 0 Å². The Bertz CT molecular complexity index is 379. The van der Waals surface area contributed by atoms with Gasteiger partial charge in [-0.05, 0) is 59.2 Å². The van der Waals surface area contributed by atoms with Gasteiger partial charge in [0.25, 0.3) is 0 Å². The quantitative estimate of drug-likeness (QED) is 0.647. The molecule has 0 unspecified atom stereocenters. The van der Waals surface area contributed by atoms with Crippen LogP contribution in [0.4, 0.5) is 0 Å². The summed E-state index contributed by atoms with van der Waals surface area (Å²) in [6.07, 6.45) is 6.36. The van der Waals surface area contributed by atoms with Crippen molar-refractivity contribution in [2.45, 2.75) is 40.0 Å². The van der Waals surface area contributed by atoms with E-state index in [9.17, 15) is 0 Å². The molecular formula is C13H17BrS. The zero-order valence-corrected chi connectivity index (χ0v) is 12.0. The molecule has 0 saturated carbocycles. The SMILES string of the molecule is Cc1sc(C2=CC(C)(C)CCC2)cc1Br. The first-order valence-electron chi connectivity index (χ1n) is 5.46. The van der Waals surface area contributed by atoms with Crippen molar-refractivity contribution < 1.29 is 0 Å². The van der Waals surface area contributed by atoms with E-state index in [4.69, 9.17) is 0 Å². The van der Waals surface area contributed by atoms with Crippen LogP contribution >= 0.6 is 27.3 Å². The van der Waals surface area contributed by atoms with Gasteiger partial charge in [-0.15, -0.1) is 11.3 Å². The Morgan fingerprint density at radius 2 is 2.13 bits per heavy atom. The lowest BCUT2D eigenvalue weighted by Crippen LogP contribution is -2.12. The predicted octanol–water partition coefficient (Wildman–Crippen LogP) is 5.41. The van der Waals surface area contributed by atoms with Crippen molar-refractivity contribution in [3.8, 4) is 0 Å². The van der Waals surface area contributed by atoms with E-state index in [0.717, 1.165) is 0 Å². The molecular weight excluding hydrogens is 268 g/mol. The number of thiophene rings is 1. The van der Waals surface area contributed by atoms with Gasteiger partial charge in [-0.3, -0.25) is 0 Å². The lowest BCUT2D eigenvalue weighted by Gasteiger charge is -2.27. The molecule has 0 aromatic carbocycles. The number of rotatable bonds is 1. The molecule has 82 valence electrons. The summed E-state index contributed by atoms with van der Waals surface area (Å²) in [4.78, 5) is 2.83. The van der Waals surface area contributed by atoms with Gasteiger partial charge in [-0.2, -0.15) is 0 Å². The summed E-state index contributed by atoms with van der Waals surface area (Å²) < 4.78 is 1.26. The molecule has 0 nitrogen and oxygen atoms in total. The Morgan fingerprint density at radius 3 is 2.67 bits per heavy atom. The van der Waals surface area contributed by atoms with Gasteiger partial charge >= 0.3 is 0 Å². The van der Waals surface area contributed by atoms with Crippen molar-refractivity contribution in [1.82, 2.24) is 0 Å². The minimum Gasteiger partial charge on any atom is -0.140 e. The van der Waals surface area contributed by atoms with Crippen LogP contribution in [0.5, 0.6) is 0 Å². The van der Waals surface area contributed by atoms with Crippen LogP contribution in [-0.4, -0.2) is 0 Å². The third-order valence-corrected chi connectivity index (χ3v) is 5.22. The monoisotopic (exact) mass is 284 g/mol. The van der Waals surface area contributed by atoms with E-state index < -0.39 is 0 Å². The molecule has 15 heavy (non-hydrogen) atoms. The van der Waals surface area contributed by atoms with Crippen LogP contribution in [0.15, 0.2) is 16.6 Å². The minimum atomic E-state index is 0.387. The first-order chi connectivity index (χ1) is 6.98. The summed E-state index contributed by atoms with van der Waals surface area (Å²) in [5.41, 5.74) is 1.93. The van der Waals surface area contributed by atoms with E-state index >= 15 is 0 Å². The summed E-state index contributed by atoms with van der Waals surface area (Å²) in [7, 11) is 0. The maximum Gasteiger partial charge on any atom is 0.0317 e. The third kappa shape index (κ3) is 2.54. The molecule has 0 N–H and O–H groups in total. The lowest BCUT2D eigenvalue weighted by molar-refractivity contribution is 0.411. The standard InChI is InChI=1S/C13H17BrS/c1-9-11(14)7-12(15-9)10-5-4-6-13(2,3)8-10/h7-8H,4-6H2,1-3H3. The largest absolute Gasteiger partial charge is 0.140 e. The molecule has 1 aliphatic rings. The molecule has 0 saturated heterocycles. The summed E-state index contributed by atoms with van der Waals surface area (Å²) in [5.74, 6) is 0. The van der Waals surface area contributed by atoms with Crippen LogP contribution in [0.3, 0.4) is 0 Å². The van der Waals surface area contributed by atoms with Crippen molar-refractivity contribution in [2.24, 2.45) is 5.41 Å².